The third kappa shape index (κ3) is 1.55. The Kier molecular flexibility index (Phi) is 2.56. The molecule has 14 heavy (non-hydrogen) atoms. The van der Waals surface area contributed by atoms with E-state index in [2.05, 4.69) is 26.2 Å². The highest BCUT2D eigenvalue weighted by Gasteiger charge is 2.08. The van der Waals surface area contributed by atoms with Crippen LogP contribution in [0.2, 0.25) is 0 Å². The van der Waals surface area contributed by atoms with Crippen LogP contribution in [0.3, 0.4) is 0 Å². The average Bonchev–Trinajstić information content (AvgIpc) is 2.45. The van der Waals surface area contributed by atoms with Crippen molar-refractivity contribution in [3.63, 3.8) is 0 Å². The Morgan fingerprint density at radius 1 is 1.50 bits per heavy atom. The summed E-state index contributed by atoms with van der Waals surface area (Å²) >= 11 is 3.42. The van der Waals surface area contributed by atoms with Gasteiger partial charge in [-0.2, -0.15) is 0 Å². The summed E-state index contributed by atoms with van der Waals surface area (Å²) in [6.07, 6.45) is 0. The van der Waals surface area contributed by atoms with E-state index in [-0.39, 0.29) is 5.82 Å². The van der Waals surface area contributed by atoms with Crippen LogP contribution >= 0.6 is 15.9 Å². The number of aromatic nitrogens is 1. The molecule has 1 aromatic carbocycles. The molecule has 0 aliphatic heterocycles. The van der Waals surface area contributed by atoms with Gasteiger partial charge in [-0.25, -0.2) is 4.39 Å². The number of H-pyrrole nitrogens is 1. The molecule has 2 aromatic rings. The van der Waals surface area contributed by atoms with E-state index in [0.29, 0.717) is 6.54 Å². The number of fused-ring (bicyclic) bond motifs is 1. The van der Waals surface area contributed by atoms with Crippen molar-refractivity contribution >= 4 is 26.8 Å². The Hall–Kier alpha value is -0.870. The minimum atomic E-state index is -0.207. The van der Waals surface area contributed by atoms with Gasteiger partial charge in [0.2, 0.25) is 0 Å². The number of aromatic amines is 1. The number of hydrogen-bond acceptors (Lipinski definition) is 1. The van der Waals surface area contributed by atoms with Crippen molar-refractivity contribution in [2.24, 2.45) is 0 Å². The van der Waals surface area contributed by atoms with Crippen LogP contribution in [0.25, 0.3) is 10.9 Å². The van der Waals surface area contributed by atoms with E-state index in [9.17, 15) is 4.39 Å². The lowest BCUT2D eigenvalue weighted by atomic mass is 10.2. The van der Waals surface area contributed by atoms with Crippen molar-refractivity contribution in [2.45, 2.75) is 6.54 Å². The first-order chi connectivity index (χ1) is 6.72. The number of benzene rings is 1. The van der Waals surface area contributed by atoms with E-state index >= 15 is 0 Å². The number of halogens is 2. The summed E-state index contributed by atoms with van der Waals surface area (Å²) in [7, 11) is 1.87. The molecule has 0 saturated carbocycles. The van der Waals surface area contributed by atoms with Crippen molar-refractivity contribution < 1.29 is 4.39 Å². The third-order valence-corrected chi connectivity index (χ3v) is 2.85. The van der Waals surface area contributed by atoms with Crippen LogP contribution in [0.1, 0.15) is 5.56 Å². The molecule has 2 nitrogen and oxygen atoms in total. The average molecular weight is 257 g/mol. The SMILES string of the molecule is CNCc1c(Br)[nH]c2ccc(F)cc12. The van der Waals surface area contributed by atoms with Crippen molar-refractivity contribution in [1.82, 2.24) is 10.3 Å². The van der Waals surface area contributed by atoms with E-state index in [1.165, 1.54) is 6.07 Å². The maximum atomic E-state index is 13.0. The van der Waals surface area contributed by atoms with Crippen LogP contribution < -0.4 is 5.32 Å². The molecule has 0 fully saturated rings. The molecule has 0 spiro atoms. The highest BCUT2D eigenvalue weighted by Crippen LogP contribution is 2.26. The fourth-order valence-electron chi connectivity index (χ4n) is 1.54. The maximum absolute atomic E-state index is 13.0. The van der Waals surface area contributed by atoms with Gasteiger partial charge in [-0.3, -0.25) is 0 Å². The van der Waals surface area contributed by atoms with Gasteiger partial charge in [0.15, 0.2) is 0 Å². The summed E-state index contributed by atoms with van der Waals surface area (Å²) in [5.74, 6) is -0.207. The first-order valence-electron chi connectivity index (χ1n) is 4.32. The Balaban J connectivity index is 2.66. The lowest BCUT2D eigenvalue weighted by molar-refractivity contribution is 0.629. The van der Waals surface area contributed by atoms with Crippen LogP contribution in [0.15, 0.2) is 22.8 Å². The smallest absolute Gasteiger partial charge is 0.123 e. The quantitative estimate of drug-likeness (QED) is 0.850. The van der Waals surface area contributed by atoms with Gasteiger partial charge in [0, 0.05) is 23.0 Å². The Morgan fingerprint density at radius 2 is 2.29 bits per heavy atom. The summed E-state index contributed by atoms with van der Waals surface area (Å²) in [6, 6.07) is 4.74. The molecule has 0 aliphatic rings. The summed E-state index contributed by atoms with van der Waals surface area (Å²) in [4.78, 5) is 3.15. The van der Waals surface area contributed by atoms with E-state index in [0.717, 1.165) is 21.1 Å². The van der Waals surface area contributed by atoms with Crippen molar-refractivity contribution in [3.8, 4) is 0 Å². The van der Waals surface area contributed by atoms with Gasteiger partial charge in [-0.1, -0.05) is 0 Å². The fraction of sp³-hybridized carbons (Fsp3) is 0.200. The number of rotatable bonds is 2. The van der Waals surface area contributed by atoms with Crippen LogP contribution in [-0.2, 0) is 6.54 Å². The summed E-state index contributed by atoms with van der Waals surface area (Å²) in [6.45, 7) is 0.712. The molecule has 2 rings (SSSR count). The first kappa shape index (κ1) is 9.68. The molecule has 1 heterocycles. The molecule has 1 aromatic heterocycles. The lowest BCUT2D eigenvalue weighted by Crippen LogP contribution is -2.04. The zero-order valence-corrected chi connectivity index (χ0v) is 9.28. The van der Waals surface area contributed by atoms with Crippen molar-refractivity contribution in [3.05, 3.63) is 34.2 Å². The lowest BCUT2D eigenvalue weighted by Gasteiger charge is -1.98. The largest absolute Gasteiger partial charge is 0.349 e. The normalized spacial score (nSPS) is 11.1. The summed E-state index contributed by atoms with van der Waals surface area (Å²) < 4.78 is 13.9. The predicted octanol–water partition coefficient (Wildman–Crippen LogP) is 2.79. The number of hydrogen-bond donors (Lipinski definition) is 2. The van der Waals surface area contributed by atoms with Crippen molar-refractivity contribution in [1.29, 1.82) is 0 Å². The molecule has 2 N–H and O–H groups in total. The van der Waals surface area contributed by atoms with Gasteiger partial charge in [0.25, 0.3) is 0 Å². The Bertz CT molecular complexity index is 464. The zero-order valence-electron chi connectivity index (χ0n) is 7.70. The van der Waals surface area contributed by atoms with Gasteiger partial charge < -0.3 is 10.3 Å². The van der Waals surface area contributed by atoms with E-state index in [4.69, 9.17) is 0 Å². The van der Waals surface area contributed by atoms with Gasteiger partial charge in [0.1, 0.15) is 5.82 Å². The van der Waals surface area contributed by atoms with Gasteiger partial charge in [-0.15, -0.1) is 0 Å². The molecule has 74 valence electrons. The van der Waals surface area contributed by atoms with Crippen LogP contribution in [-0.4, -0.2) is 12.0 Å². The van der Waals surface area contributed by atoms with Crippen LogP contribution in [0, 0.1) is 5.82 Å². The molecule has 0 unspecified atom stereocenters. The molecule has 0 atom stereocenters. The Morgan fingerprint density at radius 3 is 3.00 bits per heavy atom. The fourth-order valence-corrected chi connectivity index (χ4v) is 2.10. The molecule has 0 aliphatic carbocycles. The highest BCUT2D eigenvalue weighted by molar-refractivity contribution is 9.10. The van der Waals surface area contributed by atoms with E-state index in [1.807, 2.05) is 7.05 Å². The van der Waals surface area contributed by atoms with Gasteiger partial charge in [0.05, 0.1) is 4.60 Å². The van der Waals surface area contributed by atoms with Gasteiger partial charge in [-0.05, 0) is 41.2 Å². The molecular weight excluding hydrogens is 247 g/mol. The first-order valence-corrected chi connectivity index (χ1v) is 5.12. The highest BCUT2D eigenvalue weighted by atomic mass is 79.9. The number of nitrogens with one attached hydrogen (secondary N) is 2. The molecular formula is C10H10BrFN2. The molecule has 0 saturated heterocycles. The van der Waals surface area contributed by atoms with Crippen LogP contribution in [0.5, 0.6) is 0 Å². The minimum Gasteiger partial charge on any atom is -0.349 e. The summed E-state index contributed by atoms with van der Waals surface area (Å²) in [5.41, 5.74) is 2.01. The molecule has 0 amide bonds. The maximum Gasteiger partial charge on any atom is 0.123 e. The molecule has 0 bridgehead atoms. The second kappa shape index (κ2) is 3.71. The second-order valence-electron chi connectivity index (χ2n) is 3.14. The second-order valence-corrected chi connectivity index (χ2v) is 3.93. The van der Waals surface area contributed by atoms with Crippen LogP contribution in [0.4, 0.5) is 4.39 Å². The predicted molar refractivity (Wildman–Crippen MR) is 58.7 cm³/mol. The van der Waals surface area contributed by atoms with E-state index < -0.39 is 0 Å². The molecule has 4 heteroatoms. The van der Waals surface area contributed by atoms with Gasteiger partial charge >= 0.3 is 0 Å². The zero-order chi connectivity index (χ0) is 10.1. The minimum absolute atomic E-state index is 0.207. The van der Waals surface area contributed by atoms with Crippen molar-refractivity contribution in [2.75, 3.05) is 7.05 Å². The monoisotopic (exact) mass is 256 g/mol. The van der Waals surface area contributed by atoms with E-state index in [1.54, 1.807) is 12.1 Å². The molecule has 0 radical (unpaired) electrons. The Labute approximate surface area is 89.6 Å². The summed E-state index contributed by atoms with van der Waals surface area (Å²) in [5, 5.41) is 3.97. The topological polar surface area (TPSA) is 27.8 Å². The standard InChI is InChI=1S/C10H10BrFN2/c1-13-5-8-7-4-6(12)2-3-9(7)14-10(8)11/h2-4,13-14H,5H2,1H3. The third-order valence-electron chi connectivity index (χ3n) is 2.17.